The van der Waals surface area contributed by atoms with Crippen molar-refractivity contribution >= 4 is 23.7 Å². The third-order valence-electron chi connectivity index (χ3n) is 8.05. The van der Waals surface area contributed by atoms with Gasteiger partial charge in [-0.1, -0.05) is 83.4 Å². The molecule has 48 heavy (non-hydrogen) atoms. The average molecular weight is 647 g/mol. The van der Waals surface area contributed by atoms with Gasteiger partial charge >= 0.3 is 0 Å². The van der Waals surface area contributed by atoms with Gasteiger partial charge < -0.3 is 15.6 Å². The van der Waals surface area contributed by atoms with E-state index in [1.165, 1.54) is 6.21 Å². The summed E-state index contributed by atoms with van der Waals surface area (Å²) < 4.78 is 0. The van der Waals surface area contributed by atoms with Gasteiger partial charge in [0.1, 0.15) is 11.6 Å². The van der Waals surface area contributed by atoms with Crippen molar-refractivity contribution in [2.75, 3.05) is 25.0 Å². The topological polar surface area (TPSA) is 106 Å². The second-order valence-electron chi connectivity index (χ2n) is 11.9. The number of pyridine rings is 2. The van der Waals surface area contributed by atoms with Crippen LogP contribution in [0, 0.1) is 11.3 Å². The Morgan fingerprint density at radius 3 is 2.54 bits per heavy atom. The summed E-state index contributed by atoms with van der Waals surface area (Å²) in [6.07, 6.45) is 29.3. The number of nitrogens with zero attached hydrogens (tertiary/aromatic N) is 5. The van der Waals surface area contributed by atoms with E-state index in [0.717, 1.165) is 92.2 Å². The molecule has 0 bridgehead atoms. The lowest BCUT2D eigenvalue weighted by Gasteiger charge is -2.26. The lowest BCUT2D eigenvalue weighted by Crippen LogP contribution is -2.31. The van der Waals surface area contributed by atoms with Crippen molar-refractivity contribution in [3.05, 3.63) is 115 Å². The summed E-state index contributed by atoms with van der Waals surface area (Å²) in [5, 5.41) is 18.9. The summed E-state index contributed by atoms with van der Waals surface area (Å²) >= 11 is 0. The van der Waals surface area contributed by atoms with Gasteiger partial charge in [0.15, 0.2) is 5.82 Å². The maximum atomic E-state index is 8.00. The van der Waals surface area contributed by atoms with Gasteiger partial charge in [0.05, 0.1) is 5.69 Å². The molecular weight excluding hydrogens is 592 g/mol. The molecule has 0 saturated heterocycles. The molecule has 0 saturated carbocycles. The normalized spacial score (nSPS) is 13.5. The van der Waals surface area contributed by atoms with E-state index < -0.39 is 0 Å². The zero-order valence-electron chi connectivity index (χ0n) is 29.3. The molecule has 8 nitrogen and oxygen atoms in total. The molecule has 8 heteroatoms. The van der Waals surface area contributed by atoms with E-state index in [1.807, 2.05) is 42.6 Å². The van der Waals surface area contributed by atoms with Crippen LogP contribution in [0.15, 0.2) is 92.5 Å². The second kappa shape index (κ2) is 21.2. The molecular formula is C40H54N8. The van der Waals surface area contributed by atoms with E-state index >= 15 is 0 Å². The SMILES string of the molecule is C=C/C=C(\C=C)c1cc(C=N)c(N/C=C\CC)nc1/C=C/CC(/C=C\CC)CN(CCC)CCCC(C)c1nc(-c2ccncc2)n[nH]1. The summed E-state index contributed by atoms with van der Waals surface area (Å²) in [6, 6.07) is 5.86. The molecule has 254 valence electrons. The van der Waals surface area contributed by atoms with Crippen molar-refractivity contribution in [1.82, 2.24) is 30.0 Å². The van der Waals surface area contributed by atoms with Gasteiger partial charge in [-0.3, -0.25) is 10.1 Å². The number of hydrogen-bond acceptors (Lipinski definition) is 7. The van der Waals surface area contributed by atoms with Crippen LogP contribution in [-0.2, 0) is 0 Å². The van der Waals surface area contributed by atoms with Crippen LogP contribution in [-0.4, -0.2) is 55.9 Å². The molecule has 0 spiro atoms. The lowest BCUT2D eigenvalue weighted by molar-refractivity contribution is 0.241. The van der Waals surface area contributed by atoms with Crippen molar-refractivity contribution in [2.24, 2.45) is 5.92 Å². The molecule has 0 fully saturated rings. The standard InChI is InChI=1S/C40H54N8/c1-7-12-18-32(19-14-20-37-36(33(11-5)16-9-3)28-35(29-41)39(44-37)43-23-13-8-2)30-48(26-10-4)27-15-17-31(6)38-45-40(47-46-38)34-21-24-42-25-22-34/h9,11-14,16,18,20-25,28-29,31-32,41H,3,5,7-8,10,15,17,19,26-27,30H2,1-2,4,6H3,(H,43,44)(H,45,46,47)/b18-12-,20-14+,23-13-,33-16+,41-29?. The fraction of sp³-hybridized carbons (Fsp3) is 0.375. The maximum Gasteiger partial charge on any atom is 0.181 e. The van der Waals surface area contributed by atoms with E-state index in [2.05, 4.69) is 90.6 Å². The number of nitrogens with one attached hydrogen (secondary N) is 3. The Balaban J connectivity index is 1.72. The summed E-state index contributed by atoms with van der Waals surface area (Å²) in [7, 11) is 0. The first-order valence-corrected chi connectivity index (χ1v) is 17.3. The van der Waals surface area contributed by atoms with Crippen LogP contribution < -0.4 is 5.32 Å². The predicted molar refractivity (Wildman–Crippen MR) is 204 cm³/mol. The quantitative estimate of drug-likeness (QED) is 0.0570. The number of anilines is 1. The zero-order valence-corrected chi connectivity index (χ0v) is 29.3. The second-order valence-corrected chi connectivity index (χ2v) is 11.9. The minimum atomic E-state index is 0.295. The minimum Gasteiger partial charge on any atom is -0.346 e. The van der Waals surface area contributed by atoms with E-state index in [1.54, 1.807) is 18.5 Å². The Morgan fingerprint density at radius 2 is 1.85 bits per heavy atom. The summed E-state index contributed by atoms with van der Waals surface area (Å²) in [5.41, 5.74) is 4.36. The molecule has 0 aromatic carbocycles. The Kier molecular flexibility index (Phi) is 16.7. The molecule has 3 heterocycles. The van der Waals surface area contributed by atoms with Gasteiger partial charge in [-0.05, 0) is 93.6 Å². The van der Waals surface area contributed by atoms with Gasteiger partial charge in [0, 0.05) is 47.8 Å². The highest BCUT2D eigenvalue weighted by molar-refractivity contribution is 5.89. The van der Waals surface area contributed by atoms with E-state index in [4.69, 9.17) is 15.4 Å². The van der Waals surface area contributed by atoms with E-state index in [9.17, 15) is 0 Å². The summed E-state index contributed by atoms with van der Waals surface area (Å²) in [5.74, 6) is 2.98. The van der Waals surface area contributed by atoms with Crippen LogP contribution in [0.3, 0.4) is 0 Å². The molecule has 3 N–H and O–H groups in total. The molecule has 0 aliphatic heterocycles. The minimum absolute atomic E-state index is 0.295. The third kappa shape index (κ3) is 11.8. The van der Waals surface area contributed by atoms with Crippen LogP contribution in [0.1, 0.15) is 94.8 Å². The number of aromatic amines is 1. The van der Waals surface area contributed by atoms with Crippen LogP contribution in [0.25, 0.3) is 23.0 Å². The first kappa shape index (κ1) is 37.8. The van der Waals surface area contributed by atoms with Gasteiger partial charge in [0.25, 0.3) is 0 Å². The van der Waals surface area contributed by atoms with E-state index in [-0.39, 0.29) is 0 Å². The molecule has 0 aliphatic rings. The van der Waals surface area contributed by atoms with Crippen LogP contribution in [0.2, 0.25) is 0 Å². The molecule has 3 rings (SSSR count). The van der Waals surface area contributed by atoms with Crippen LogP contribution in [0.5, 0.6) is 0 Å². The van der Waals surface area contributed by atoms with Gasteiger partial charge in [-0.25, -0.2) is 9.97 Å². The number of allylic oxidation sites excluding steroid dienone is 7. The van der Waals surface area contributed by atoms with Gasteiger partial charge in [-0.15, -0.1) is 0 Å². The van der Waals surface area contributed by atoms with Crippen molar-refractivity contribution < 1.29 is 0 Å². The molecule has 0 radical (unpaired) electrons. The highest BCUT2D eigenvalue weighted by Crippen LogP contribution is 2.26. The molecule has 3 aromatic rings. The summed E-state index contributed by atoms with van der Waals surface area (Å²) in [6.45, 7) is 19.7. The lowest BCUT2D eigenvalue weighted by atomic mass is 9.98. The summed E-state index contributed by atoms with van der Waals surface area (Å²) in [4.78, 5) is 16.4. The van der Waals surface area contributed by atoms with Gasteiger partial charge in [-0.2, -0.15) is 5.10 Å². The molecule has 2 atom stereocenters. The van der Waals surface area contributed by atoms with Crippen molar-refractivity contribution in [3.63, 3.8) is 0 Å². The highest BCUT2D eigenvalue weighted by Gasteiger charge is 2.16. The highest BCUT2D eigenvalue weighted by atomic mass is 15.2. The zero-order chi connectivity index (χ0) is 34.6. The largest absolute Gasteiger partial charge is 0.346 e. The molecule has 2 unspecified atom stereocenters. The maximum absolute atomic E-state index is 8.00. The molecule has 3 aromatic heterocycles. The Labute approximate surface area is 288 Å². The monoisotopic (exact) mass is 646 g/mol. The predicted octanol–water partition coefficient (Wildman–Crippen LogP) is 9.63. The third-order valence-corrected chi connectivity index (χ3v) is 8.05. The number of aromatic nitrogens is 5. The van der Waals surface area contributed by atoms with E-state index in [0.29, 0.717) is 23.2 Å². The van der Waals surface area contributed by atoms with Crippen LogP contribution in [0.4, 0.5) is 5.82 Å². The average Bonchev–Trinajstić information content (AvgIpc) is 3.61. The molecule has 0 amide bonds. The van der Waals surface area contributed by atoms with Crippen molar-refractivity contribution in [2.45, 2.75) is 72.1 Å². The fourth-order valence-electron chi connectivity index (χ4n) is 5.50. The smallest absolute Gasteiger partial charge is 0.181 e. The van der Waals surface area contributed by atoms with Crippen LogP contribution >= 0.6 is 0 Å². The Morgan fingerprint density at radius 1 is 1.06 bits per heavy atom. The first-order chi connectivity index (χ1) is 23.5. The first-order valence-electron chi connectivity index (χ1n) is 17.3. The number of hydrogen-bond donors (Lipinski definition) is 3. The fourth-order valence-corrected chi connectivity index (χ4v) is 5.50. The number of rotatable bonds is 22. The Hall–Kier alpha value is -4.69. The Bertz CT molecular complexity index is 1550. The van der Waals surface area contributed by atoms with Crippen molar-refractivity contribution in [3.8, 4) is 11.4 Å². The van der Waals surface area contributed by atoms with Gasteiger partial charge in [0.2, 0.25) is 0 Å². The number of H-pyrrole nitrogens is 1. The molecule has 0 aliphatic carbocycles. The van der Waals surface area contributed by atoms with Crippen molar-refractivity contribution in [1.29, 1.82) is 5.41 Å².